The monoisotopic (exact) mass is 419 g/mol. The van der Waals surface area contributed by atoms with Crippen molar-refractivity contribution in [1.82, 2.24) is 24.3 Å². The van der Waals surface area contributed by atoms with Crippen LogP contribution in [0.25, 0.3) is 22.4 Å². The Hall–Kier alpha value is -2.45. The highest BCUT2D eigenvalue weighted by Gasteiger charge is 2.24. The average molecular weight is 420 g/mol. The highest BCUT2D eigenvalue weighted by molar-refractivity contribution is 7.99. The molecular formula is C19H16ClF2N5S. The Kier molecular flexibility index (Phi) is 5.07. The average Bonchev–Trinajstić information content (AvgIpc) is 3.24. The molecule has 0 amide bonds. The van der Waals surface area contributed by atoms with Gasteiger partial charge in [-0.2, -0.15) is 8.78 Å². The molecule has 0 saturated carbocycles. The zero-order valence-electron chi connectivity index (χ0n) is 15.1. The Morgan fingerprint density at radius 3 is 2.46 bits per heavy atom. The quantitative estimate of drug-likeness (QED) is 0.387. The topological polar surface area (TPSA) is 48.5 Å². The van der Waals surface area contributed by atoms with Crippen molar-refractivity contribution in [2.24, 2.45) is 7.05 Å². The molecule has 28 heavy (non-hydrogen) atoms. The summed E-state index contributed by atoms with van der Waals surface area (Å²) >= 11 is 7.27. The van der Waals surface area contributed by atoms with Gasteiger partial charge < -0.3 is 4.57 Å². The van der Waals surface area contributed by atoms with E-state index in [1.54, 1.807) is 36.4 Å². The van der Waals surface area contributed by atoms with Crippen molar-refractivity contribution in [3.8, 4) is 11.4 Å². The number of nitrogens with zero attached hydrogens (tertiary/aromatic N) is 5. The Bertz CT molecular complexity index is 1120. The highest BCUT2D eigenvalue weighted by atomic mass is 35.5. The predicted molar refractivity (Wildman–Crippen MR) is 107 cm³/mol. The summed E-state index contributed by atoms with van der Waals surface area (Å²) in [4.78, 5) is 4.42. The minimum Gasteiger partial charge on any atom is -0.305 e. The zero-order valence-corrected chi connectivity index (χ0v) is 16.6. The molecule has 2 aromatic heterocycles. The van der Waals surface area contributed by atoms with Gasteiger partial charge in [-0.15, -0.1) is 10.2 Å². The maximum atomic E-state index is 13.7. The standard InChI is InChI=1S/C19H16ClF2N5S/c1-11(16-23-14-5-3-4-6-15(14)27(16)18(21)22)28-19-25-24-17(26(19)2)12-7-9-13(20)10-8-12/h3-11,18H,1-2H3. The Morgan fingerprint density at radius 1 is 1.04 bits per heavy atom. The third-order valence-electron chi connectivity index (χ3n) is 4.40. The number of halogens is 3. The van der Waals surface area contributed by atoms with Gasteiger partial charge in [0, 0.05) is 17.6 Å². The summed E-state index contributed by atoms with van der Waals surface area (Å²) in [5.41, 5.74) is 1.84. The largest absolute Gasteiger partial charge is 0.320 e. The highest BCUT2D eigenvalue weighted by Crippen LogP contribution is 2.37. The van der Waals surface area contributed by atoms with E-state index in [4.69, 9.17) is 11.6 Å². The number of aromatic nitrogens is 5. The van der Waals surface area contributed by atoms with Crippen LogP contribution in [0.5, 0.6) is 0 Å². The second-order valence-electron chi connectivity index (χ2n) is 6.24. The lowest BCUT2D eigenvalue weighted by atomic mass is 10.2. The lowest BCUT2D eigenvalue weighted by Crippen LogP contribution is -2.07. The molecule has 9 heteroatoms. The number of rotatable bonds is 5. The third kappa shape index (κ3) is 3.38. The van der Waals surface area contributed by atoms with Crippen molar-refractivity contribution >= 4 is 34.4 Å². The maximum absolute atomic E-state index is 13.7. The van der Waals surface area contributed by atoms with Gasteiger partial charge in [-0.3, -0.25) is 4.57 Å². The fourth-order valence-corrected chi connectivity index (χ4v) is 4.08. The Labute approximate surface area is 169 Å². The first-order chi connectivity index (χ1) is 13.5. The minimum absolute atomic E-state index is 0.303. The molecule has 0 aliphatic carbocycles. The molecule has 0 N–H and O–H groups in total. The molecular weight excluding hydrogens is 404 g/mol. The van der Waals surface area contributed by atoms with Crippen LogP contribution in [-0.2, 0) is 7.05 Å². The number of fused-ring (bicyclic) bond motifs is 1. The molecule has 2 heterocycles. The Morgan fingerprint density at radius 2 is 1.75 bits per heavy atom. The van der Waals surface area contributed by atoms with Crippen LogP contribution in [0.1, 0.15) is 24.5 Å². The van der Waals surface area contributed by atoms with Gasteiger partial charge in [0.15, 0.2) is 11.0 Å². The first-order valence-electron chi connectivity index (χ1n) is 8.52. The molecule has 0 fully saturated rings. The summed E-state index contributed by atoms with van der Waals surface area (Å²) in [6.07, 6.45) is 0. The van der Waals surface area contributed by atoms with Gasteiger partial charge in [0.2, 0.25) is 0 Å². The van der Waals surface area contributed by atoms with Crippen LogP contribution in [0.2, 0.25) is 5.02 Å². The zero-order chi connectivity index (χ0) is 19.8. The van der Waals surface area contributed by atoms with Crippen LogP contribution in [0.3, 0.4) is 0 Å². The van der Waals surface area contributed by atoms with Gasteiger partial charge in [0.05, 0.1) is 16.3 Å². The third-order valence-corrected chi connectivity index (χ3v) is 5.78. The van der Waals surface area contributed by atoms with Crippen molar-refractivity contribution in [1.29, 1.82) is 0 Å². The van der Waals surface area contributed by atoms with E-state index in [9.17, 15) is 8.78 Å². The molecule has 144 valence electrons. The maximum Gasteiger partial charge on any atom is 0.320 e. The van der Waals surface area contributed by atoms with Crippen LogP contribution >= 0.6 is 23.4 Å². The van der Waals surface area contributed by atoms with Crippen molar-refractivity contribution < 1.29 is 8.78 Å². The molecule has 0 aliphatic rings. The second kappa shape index (κ2) is 7.52. The summed E-state index contributed by atoms with van der Waals surface area (Å²) in [6.45, 7) is -0.837. The van der Waals surface area contributed by atoms with Gasteiger partial charge >= 0.3 is 6.55 Å². The molecule has 0 saturated heterocycles. The van der Waals surface area contributed by atoms with Crippen LogP contribution in [-0.4, -0.2) is 24.3 Å². The summed E-state index contributed by atoms with van der Waals surface area (Å²) < 4.78 is 30.2. The fraction of sp³-hybridized carbons (Fsp3) is 0.211. The normalized spacial score (nSPS) is 12.8. The van der Waals surface area contributed by atoms with E-state index in [0.717, 1.165) is 10.1 Å². The number of hydrogen-bond acceptors (Lipinski definition) is 4. The summed E-state index contributed by atoms with van der Waals surface area (Å²) in [6, 6.07) is 14.2. The minimum atomic E-state index is -2.67. The van der Waals surface area contributed by atoms with Crippen LogP contribution < -0.4 is 0 Å². The molecule has 0 spiro atoms. The lowest BCUT2D eigenvalue weighted by Gasteiger charge is -2.13. The number of thioether (sulfide) groups is 1. The van der Waals surface area contributed by atoms with Gasteiger partial charge in [0.25, 0.3) is 0 Å². The molecule has 1 unspecified atom stereocenters. The van der Waals surface area contributed by atoms with Gasteiger partial charge in [-0.25, -0.2) is 4.98 Å². The molecule has 0 bridgehead atoms. The fourth-order valence-electron chi connectivity index (χ4n) is 3.03. The molecule has 0 aliphatic heterocycles. The van der Waals surface area contributed by atoms with E-state index in [1.807, 2.05) is 30.7 Å². The molecule has 4 aromatic rings. The van der Waals surface area contributed by atoms with Crippen molar-refractivity contribution in [3.05, 3.63) is 59.4 Å². The molecule has 5 nitrogen and oxygen atoms in total. The van der Waals surface area contributed by atoms with E-state index in [1.165, 1.54) is 11.8 Å². The summed E-state index contributed by atoms with van der Waals surface area (Å²) in [5.74, 6) is 0.978. The predicted octanol–water partition coefficient (Wildman–Crippen LogP) is 5.73. The second-order valence-corrected chi connectivity index (χ2v) is 7.98. The Balaban J connectivity index is 1.66. The molecule has 4 rings (SSSR count). The number of imidazole rings is 1. The number of alkyl halides is 2. The molecule has 2 aromatic carbocycles. The number of benzene rings is 2. The van der Waals surface area contributed by atoms with Gasteiger partial charge in [-0.05, 0) is 43.3 Å². The van der Waals surface area contributed by atoms with E-state index < -0.39 is 6.55 Å². The van der Waals surface area contributed by atoms with E-state index in [2.05, 4.69) is 15.2 Å². The molecule has 0 radical (unpaired) electrons. The SMILES string of the molecule is CC(Sc1nnc(-c2ccc(Cl)cc2)n1C)c1nc2ccccc2n1C(F)F. The first-order valence-corrected chi connectivity index (χ1v) is 9.78. The van der Waals surface area contributed by atoms with E-state index in [0.29, 0.717) is 32.9 Å². The van der Waals surface area contributed by atoms with E-state index in [-0.39, 0.29) is 5.25 Å². The lowest BCUT2D eigenvalue weighted by molar-refractivity contribution is 0.0715. The van der Waals surface area contributed by atoms with E-state index >= 15 is 0 Å². The van der Waals surface area contributed by atoms with Crippen molar-refractivity contribution in [2.75, 3.05) is 0 Å². The number of hydrogen-bond donors (Lipinski definition) is 0. The van der Waals surface area contributed by atoms with Gasteiger partial charge in [-0.1, -0.05) is 35.5 Å². The summed E-state index contributed by atoms with van der Waals surface area (Å²) in [5, 5.41) is 9.37. The van der Waals surface area contributed by atoms with Gasteiger partial charge in [0.1, 0.15) is 5.82 Å². The van der Waals surface area contributed by atoms with Crippen LogP contribution in [0.4, 0.5) is 8.78 Å². The van der Waals surface area contributed by atoms with Crippen LogP contribution in [0, 0.1) is 0 Å². The number of para-hydroxylation sites is 2. The smallest absolute Gasteiger partial charge is 0.305 e. The summed E-state index contributed by atoms with van der Waals surface area (Å²) in [7, 11) is 1.84. The van der Waals surface area contributed by atoms with Crippen molar-refractivity contribution in [3.63, 3.8) is 0 Å². The van der Waals surface area contributed by atoms with Crippen LogP contribution in [0.15, 0.2) is 53.7 Å². The molecule has 1 atom stereocenters. The van der Waals surface area contributed by atoms with Crippen molar-refractivity contribution in [2.45, 2.75) is 23.9 Å². The first kappa shape index (κ1) is 18.9.